The number of thiazole rings is 1. The predicted octanol–water partition coefficient (Wildman–Crippen LogP) is 1.16. The van der Waals surface area contributed by atoms with Crippen molar-refractivity contribution in [1.82, 2.24) is 14.3 Å². The molecule has 0 unspecified atom stereocenters. The van der Waals surface area contributed by atoms with Gasteiger partial charge < -0.3 is 4.90 Å². The van der Waals surface area contributed by atoms with Crippen LogP contribution in [0.2, 0.25) is 0 Å². The summed E-state index contributed by atoms with van der Waals surface area (Å²) in [6.45, 7) is 4.10. The summed E-state index contributed by atoms with van der Waals surface area (Å²) in [6.07, 6.45) is 1.76. The lowest BCUT2D eigenvalue weighted by atomic mass is 10.4. The molecule has 1 aliphatic rings. The molecule has 3 rings (SSSR count). The van der Waals surface area contributed by atoms with E-state index in [-0.39, 0.29) is 5.75 Å². The normalized spacial score (nSPS) is 17.8. The lowest BCUT2D eigenvalue weighted by Gasteiger charge is -2.33. The van der Waals surface area contributed by atoms with Gasteiger partial charge in [-0.05, 0) is 19.1 Å². The number of pyridine rings is 1. The maximum atomic E-state index is 11.8. The lowest BCUT2D eigenvalue weighted by Crippen LogP contribution is -2.49. The van der Waals surface area contributed by atoms with Crippen LogP contribution in [0.5, 0.6) is 0 Å². The summed E-state index contributed by atoms with van der Waals surface area (Å²) in [6, 6.07) is 3.82. The molecule has 108 valence electrons. The number of sulfonamides is 1. The van der Waals surface area contributed by atoms with Gasteiger partial charge in [-0.3, -0.25) is 0 Å². The highest BCUT2D eigenvalue weighted by molar-refractivity contribution is 7.89. The largest absolute Gasteiger partial charge is 0.345 e. The number of nitrogens with zero attached hydrogens (tertiary/aromatic N) is 4. The standard InChI is InChI=1S/C12H16N4O2S2/c1-2-20(17,18)16-8-6-15(7-9-16)12-14-10-4-3-5-13-11(10)19-12/h3-5H,2,6-9H2,1H3. The second-order valence-electron chi connectivity index (χ2n) is 4.61. The van der Waals surface area contributed by atoms with E-state index in [9.17, 15) is 8.42 Å². The molecule has 1 fully saturated rings. The molecule has 0 aromatic carbocycles. The molecule has 0 aliphatic carbocycles. The molecule has 0 saturated carbocycles. The highest BCUT2D eigenvalue weighted by atomic mass is 32.2. The lowest BCUT2D eigenvalue weighted by molar-refractivity contribution is 0.385. The van der Waals surface area contributed by atoms with Gasteiger partial charge in [-0.15, -0.1) is 0 Å². The molecule has 2 aromatic heterocycles. The van der Waals surface area contributed by atoms with E-state index in [0.717, 1.165) is 15.5 Å². The first-order valence-electron chi connectivity index (χ1n) is 6.54. The average Bonchev–Trinajstić information content (AvgIpc) is 2.91. The van der Waals surface area contributed by atoms with Gasteiger partial charge in [0.25, 0.3) is 0 Å². The SMILES string of the molecule is CCS(=O)(=O)N1CCN(c2nc3cccnc3s2)CC1. The zero-order chi connectivity index (χ0) is 14.2. The van der Waals surface area contributed by atoms with Gasteiger partial charge in [0, 0.05) is 32.4 Å². The van der Waals surface area contributed by atoms with Crippen molar-refractivity contribution >= 4 is 36.8 Å². The van der Waals surface area contributed by atoms with E-state index >= 15 is 0 Å². The molecule has 6 nitrogen and oxygen atoms in total. The van der Waals surface area contributed by atoms with Crippen LogP contribution < -0.4 is 4.90 Å². The zero-order valence-electron chi connectivity index (χ0n) is 11.2. The van der Waals surface area contributed by atoms with Crippen molar-refractivity contribution in [2.45, 2.75) is 6.92 Å². The minimum Gasteiger partial charge on any atom is -0.345 e. The Bertz CT molecular complexity index is 672. The van der Waals surface area contributed by atoms with Crippen LogP contribution >= 0.6 is 11.3 Å². The summed E-state index contributed by atoms with van der Waals surface area (Å²) >= 11 is 1.55. The molecule has 2 aromatic rings. The Labute approximate surface area is 122 Å². The fraction of sp³-hybridized carbons (Fsp3) is 0.500. The first kappa shape index (κ1) is 13.7. The summed E-state index contributed by atoms with van der Waals surface area (Å²) in [5, 5.41) is 0.923. The average molecular weight is 312 g/mol. The Morgan fingerprint density at radius 2 is 2.05 bits per heavy atom. The number of hydrogen-bond donors (Lipinski definition) is 0. The molecule has 0 bridgehead atoms. The van der Waals surface area contributed by atoms with E-state index in [1.165, 1.54) is 0 Å². The molecule has 20 heavy (non-hydrogen) atoms. The summed E-state index contributed by atoms with van der Waals surface area (Å²) in [5.74, 6) is 0.165. The highest BCUT2D eigenvalue weighted by Crippen LogP contribution is 2.27. The van der Waals surface area contributed by atoms with E-state index in [4.69, 9.17) is 0 Å². The number of rotatable bonds is 3. The molecule has 0 spiro atoms. The predicted molar refractivity (Wildman–Crippen MR) is 80.7 cm³/mol. The third-order valence-corrected chi connectivity index (χ3v) is 6.34. The van der Waals surface area contributed by atoms with Gasteiger partial charge in [-0.1, -0.05) is 11.3 Å². The van der Waals surface area contributed by atoms with Crippen LogP contribution in [0, 0.1) is 0 Å². The molecule has 0 radical (unpaired) electrons. The summed E-state index contributed by atoms with van der Waals surface area (Å²) in [4.78, 5) is 11.9. The number of anilines is 1. The van der Waals surface area contributed by atoms with Gasteiger partial charge in [0.15, 0.2) is 5.13 Å². The molecule has 0 atom stereocenters. The maximum absolute atomic E-state index is 11.8. The van der Waals surface area contributed by atoms with Crippen LogP contribution in [-0.2, 0) is 10.0 Å². The second kappa shape index (κ2) is 5.27. The van der Waals surface area contributed by atoms with Crippen molar-refractivity contribution in [3.8, 4) is 0 Å². The van der Waals surface area contributed by atoms with E-state index < -0.39 is 10.0 Å². The van der Waals surface area contributed by atoms with Gasteiger partial charge in [0.05, 0.1) is 5.75 Å². The minimum absolute atomic E-state index is 0.165. The van der Waals surface area contributed by atoms with E-state index in [0.29, 0.717) is 26.2 Å². The van der Waals surface area contributed by atoms with Crippen LogP contribution in [0.15, 0.2) is 18.3 Å². The van der Waals surface area contributed by atoms with Crippen LogP contribution in [0.1, 0.15) is 6.92 Å². The molecule has 8 heteroatoms. The van der Waals surface area contributed by atoms with Crippen molar-refractivity contribution in [2.24, 2.45) is 0 Å². The Morgan fingerprint density at radius 3 is 2.70 bits per heavy atom. The fourth-order valence-electron chi connectivity index (χ4n) is 2.23. The fourth-order valence-corrected chi connectivity index (χ4v) is 4.28. The Morgan fingerprint density at radius 1 is 1.30 bits per heavy atom. The van der Waals surface area contributed by atoms with Gasteiger partial charge >= 0.3 is 0 Å². The summed E-state index contributed by atoms with van der Waals surface area (Å²) < 4.78 is 25.2. The second-order valence-corrected chi connectivity index (χ2v) is 7.82. The van der Waals surface area contributed by atoms with E-state index in [1.807, 2.05) is 12.1 Å². The third-order valence-electron chi connectivity index (χ3n) is 3.42. The van der Waals surface area contributed by atoms with Gasteiger partial charge in [0.1, 0.15) is 10.3 Å². The maximum Gasteiger partial charge on any atom is 0.213 e. The van der Waals surface area contributed by atoms with Gasteiger partial charge in [-0.25, -0.2) is 18.4 Å². The smallest absolute Gasteiger partial charge is 0.213 e. The quantitative estimate of drug-likeness (QED) is 0.851. The van der Waals surface area contributed by atoms with Crippen molar-refractivity contribution in [2.75, 3.05) is 36.8 Å². The first-order valence-corrected chi connectivity index (χ1v) is 8.97. The number of hydrogen-bond acceptors (Lipinski definition) is 6. The van der Waals surface area contributed by atoms with E-state index in [2.05, 4.69) is 14.9 Å². The Kier molecular flexibility index (Phi) is 3.61. The van der Waals surface area contributed by atoms with Crippen molar-refractivity contribution in [1.29, 1.82) is 0 Å². The zero-order valence-corrected chi connectivity index (χ0v) is 12.8. The number of fused-ring (bicyclic) bond motifs is 1. The Hall–Kier alpha value is -1.25. The van der Waals surface area contributed by atoms with Gasteiger partial charge in [-0.2, -0.15) is 4.31 Å². The molecular weight excluding hydrogens is 296 g/mol. The molecule has 1 aliphatic heterocycles. The summed E-state index contributed by atoms with van der Waals surface area (Å²) in [5.41, 5.74) is 0.899. The van der Waals surface area contributed by atoms with Crippen molar-refractivity contribution in [3.63, 3.8) is 0 Å². The van der Waals surface area contributed by atoms with Gasteiger partial charge in [0.2, 0.25) is 10.0 Å². The van der Waals surface area contributed by atoms with Crippen LogP contribution in [0.4, 0.5) is 5.13 Å². The Balaban J connectivity index is 1.75. The first-order chi connectivity index (χ1) is 9.60. The monoisotopic (exact) mass is 312 g/mol. The molecule has 3 heterocycles. The minimum atomic E-state index is -3.07. The molecule has 1 saturated heterocycles. The molecule has 0 N–H and O–H groups in total. The van der Waals surface area contributed by atoms with Crippen LogP contribution in [0.25, 0.3) is 10.3 Å². The summed E-state index contributed by atoms with van der Waals surface area (Å²) in [7, 11) is -3.07. The van der Waals surface area contributed by atoms with E-state index in [1.54, 1.807) is 28.8 Å². The number of aromatic nitrogens is 2. The van der Waals surface area contributed by atoms with Crippen molar-refractivity contribution < 1.29 is 8.42 Å². The van der Waals surface area contributed by atoms with Crippen LogP contribution in [-0.4, -0.2) is 54.6 Å². The molecule has 0 amide bonds. The van der Waals surface area contributed by atoms with Crippen molar-refractivity contribution in [3.05, 3.63) is 18.3 Å². The topological polar surface area (TPSA) is 66.4 Å². The molecular formula is C12H16N4O2S2. The van der Waals surface area contributed by atoms with Crippen LogP contribution in [0.3, 0.4) is 0 Å². The third kappa shape index (κ3) is 2.50. The number of piperazine rings is 1. The highest BCUT2D eigenvalue weighted by Gasteiger charge is 2.26.